The standard InChI is InChI=1S/C8H14O/c1-5-7(4-9)2-6-3-8(5)6/h5-9H,2-4H2,1H3. The van der Waals surface area contributed by atoms with E-state index in [-0.39, 0.29) is 0 Å². The lowest BCUT2D eigenvalue weighted by Gasteiger charge is -2.14. The summed E-state index contributed by atoms with van der Waals surface area (Å²) in [5.74, 6) is 3.48. The molecule has 4 atom stereocenters. The molecule has 52 valence electrons. The van der Waals surface area contributed by atoms with Gasteiger partial charge in [-0.05, 0) is 36.5 Å². The summed E-state index contributed by atoms with van der Waals surface area (Å²) in [6.07, 6.45) is 2.76. The van der Waals surface area contributed by atoms with Crippen molar-refractivity contribution in [3.63, 3.8) is 0 Å². The Morgan fingerprint density at radius 1 is 1.44 bits per heavy atom. The van der Waals surface area contributed by atoms with E-state index in [0.717, 1.165) is 17.8 Å². The topological polar surface area (TPSA) is 20.2 Å². The van der Waals surface area contributed by atoms with Crippen molar-refractivity contribution in [2.75, 3.05) is 6.61 Å². The molecule has 0 spiro atoms. The van der Waals surface area contributed by atoms with Crippen LogP contribution in [-0.4, -0.2) is 11.7 Å². The van der Waals surface area contributed by atoms with Crippen molar-refractivity contribution in [3.05, 3.63) is 0 Å². The predicted molar refractivity (Wildman–Crippen MR) is 36.0 cm³/mol. The Hall–Kier alpha value is -0.0400. The van der Waals surface area contributed by atoms with Crippen molar-refractivity contribution in [2.24, 2.45) is 23.7 Å². The van der Waals surface area contributed by atoms with Gasteiger partial charge in [-0.3, -0.25) is 0 Å². The summed E-state index contributed by atoms with van der Waals surface area (Å²) < 4.78 is 0. The largest absolute Gasteiger partial charge is 0.396 e. The van der Waals surface area contributed by atoms with Crippen LogP contribution in [-0.2, 0) is 0 Å². The van der Waals surface area contributed by atoms with Gasteiger partial charge in [-0.2, -0.15) is 0 Å². The quantitative estimate of drug-likeness (QED) is 0.561. The molecule has 2 aliphatic carbocycles. The van der Waals surface area contributed by atoms with Crippen LogP contribution in [0.1, 0.15) is 19.8 Å². The van der Waals surface area contributed by atoms with Crippen LogP contribution in [0.15, 0.2) is 0 Å². The maximum atomic E-state index is 8.87. The molecule has 0 radical (unpaired) electrons. The number of aliphatic hydroxyl groups excluding tert-OH is 1. The Bertz CT molecular complexity index is 122. The fraction of sp³-hybridized carbons (Fsp3) is 1.00. The molecular formula is C8H14O. The third kappa shape index (κ3) is 0.710. The Morgan fingerprint density at radius 2 is 2.22 bits per heavy atom. The zero-order valence-corrected chi connectivity index (χ0v) is 5.88. The minimum atomic E-state index is 0.425. The number of hydrogen-bond acceptors (Lipinski definition) is 1. The first kappa shape index (κ1) is 5.72. The Labute approximate surface area is 56.1 Å². The van der Waals surface area contributed by atoms with Gasteiger partial charge in [0.05, 0.1) is 0 Å². The zero-order chi connectivity index (χ0) is 6.43. The second-order valence-electron chi connectivity index (χ2n) is 3.70. The summed E-state index contributed by atoms with van der Waals surface area (Å²) in [5.41, 5.74) is 0. The van der Waals surface area contributed by atoms with Gasteiger partial charge in [0.1, 0.15) is 0 Å². The summed E-state index contributed by atoms with van der Waals surface area (Å²) in [5, 5.41) is 8.87. The lowest BCUT2D eigenvalue weighted by molar-refractivity contribution is 0.186. The zero-order valence-electron chi connectivity index (χ0n) is 5.88. The Morgan fingerprint density at radius 3 is 2.56 bits per heavy atom. The van der Waals surface area contributed by atoms with Gasteiger partial charge in [-0.15, -0.1) is 0 Å². The molecule has 2 aliphatic rings. The number of hydrogen-bond donors (Lipinski definition) is 1. The van der Waals surface area contributed by atoms with Crippen LogP contribution >= 0.6 is 0 Å². The van der Waals surface area contributed by atoms with Crippen LogP contribution in [0.4, 0.5) is 0 Å². The fourth-order valence-electron chi connectivity index (χ4n) is 2.38. The van der Waals surface area contributed by atoms with Crippen molar-refractivity contribution >= 4 is 0 Å². The average Bonchev–Trinajstić information content (AvgIpc) is 2.55. The molecule has 0 bridgehead atoms. The van der Waals surface area contributed by atoms with Crippen LogP contribution in [0.2, 0.25) is 0 Å². The number of aliphatic hydroxyl groups is 1. The molecule has 9 heavy (non-hydrogen) atoms. The molecule has 2 fully saturated rings. The van der Waals surface area contributed by atoms with Gasteiger partial charge in [-0.25, -0.2) is 0 Å². The van der Waals surface area contributed by atoms with Gasteiger partial charge in [0, 0.05) is 6.61 Å². The monoisotopic (exact) mass is 126 g/mol. The smallest absolute Gasteiger partial charge is 0.0462 e. The summed E-state index contributed by atoms with van der Waals surface area (Å²) >= 11 is 0. The van der Waals surface area contributed by atoms with E-state index in [1.165, 1.54) is 12.8 Å². The minimum absolute atomic E-state index is 0.425. The first-order chi connectivity index (χ1) is 4.33. The molecule has 0 aromatic rings. The molecule has 0 amide bonds. The average molecular weight is 126 g/mol. The van der Waals surface area contributed by atoms with E-state index in [0.29, 0.717) is 12.5 Å². The normalized spacial score (nSPS) is 55.3. The second-order valence-corrected chi connectivity index (χ2v) is 3.70. The molecule has 0 aromatic heterocycles. The predicted octanol–water partition coefficient (Wildman–Crippen LogP) is 1.27. The van der Waals surface area contributed by atoms with Crippen LogP contribution in [0.25, 0.3) is 0 Å². The van der Waals surface area contributed by atoms with Gasteiger partial charge in [0.25, 0.3) is 0 Å². The maximum absolute atomic E-state index is 8.87. The van der Waals surface area contributed by atoms with E-state index in [4.69, 9.17) is 5.11 Å². The highest BCUT2D eigenvalue weighted by Gasteiger charge is 2.50. The van der Waals surface area contributed by atoms with Crippen LogP contribution in [0.5, 0.6) is 0 Å². The maximum Gasteiger partial charge on any atom is 0.0462 e. The van der Waals surface area contributed by atoms with E-state index in [1.54, 1.807) is 0 Å². The first-order valence-electron chi connectivity index (χ1n) is 3.93. The molecule has 2 saturated carbocycles. The summed E-state index contributed by atoms with van der Waals surface area (Å²) in [7, 11) is 0. The van der Waals surface area contributed by atoms with E-state index >= 15 is 0 Å². The van der Waals surface area contributed by atoms with Crippen LogP contribution in [0, 0.1) is 23.7 Å². The summed E-state index contributed by atoms with van der Waals surface area (Å²) in [4.78, 5) is 0. The molecule has 1 N–H and O–H groups in total. The highest BCUT2D eigenvalue weighted by molar-refractivity contribution is 4.99. The second kappa shape index (κ2) is 1.72. The molecule has 0 saturated heterocycles. The van der Waals surface area contributed by atoms with Gasteiger partial charge < -0.3 is 5.11 Å². The molecule has 0 aromatic carbocycles. The Kier molecular flexibility index (Phi) is 1.10. The molecule has 4 unspecified atom stereocenters. The van der Waals surface area contributed by atoms with Gasteiger partial charge in [-0.1, -0.05) is 6.92 Å². The van der Waals surface area contributed by atoms with Crippen molar-refractivity contribution in [1.29, 1.82) is 0 Å². The van der Waals surface area contributed by atoms with Gasteiger partial charge in [0.2, 0.25) is 0 Å². The molecule has 2 rings (SSSR count). The molecule has 0 heterocycles. The van der Waals surface area contributed by atoms with Gasteiger partial charge >= 0.3 is 0 Å². The van der Waals surface area contributed by atoms with Crippen molar-refractivity contribution in [3.8, 4) is 0 Å². The first-order valence-corrected chi connectivity index (χ1v) is 3.93. The van der Waals surface area contributed by atoms with E-state index in [1.807, 2.05) is 0 Å². The van der Waals surface area contributed by atoms with Crippen LogP contribution in [0.3, 0.4) is 0 Å². The van der Waals surface area contributed by atoms with Crippen LogP contribution < -0.4 is 0 Å². The lowest BCUT2D eigenvalue weighted by atomic mass is 9.94. The molecule has 1 nitrogen and oxygen atoms in total. The minimum Gasteiger partial charge on any atom is -0.396 e. The number of rotatable bonds is 1. The van der Waals surface area contributed by atoms with E-state index in [9.17, 15) is 0 Å². The molecule has 1 heteroatoms. The fourth-order valence-corrected chi connectivity index (χ4v) is 2.38. The van der Waals surface area contributed by atoms with Crippen molar-refractivity contribution < 1.29 is 5.11 Å². The highest BCUT2D eigenvalue weighted by atomic mass is 16.3. The summed E-state index contributed by atoms with van der Waals surface area (Å²) in [6, 6.07) is 0. The van der Waals surface area contributed by atoms with Crippen molar-refractivity contribution in [1.82, 2.24) is 0 Å². The van der Waals surface area contributed by atoms with E-state index in [2.05, 4.69) is 6.92 Å². The lowest BCUT2D eigenvalue weighted by Crippen LogP contribution is -2.12. The number of fused-ring (bicyclic) bond motifs is 1. The van der Waals surface area contributed by atoms with E-state index < -0.39 is 0 Å². The third-order valence-electron chi connectivity index (χ3n) is 3.24. The Balaban J connectivity index is 1.99. The molecular weight excluding hydrogens is 112 g/mol. The third-order valence-corrected chi connectivity index (χ3v) is 3.24. The van der Waals surface area contributed by atoms with Gasteiger partial charge in [0.15, 0.2) is 0 Å². The molecule has 0 aliphatic heterocycles. The SMILES string of the molecule is CC1C(CO)CC2CC21. The highest BCUT2D eigenvalue weighted by Crippen LogP contribution is 2.57. The van der Waals surface area contributed by atoms with Crippen molar-refractivity contribution in [2.45, 2.75) is 19.8 Å². The summed E-state index contributed by atoms with van der Waals surface area (Å²) in [6.45, 7) is 2.72.